The summed E-state index contributed by atoms with van der Waals surface area (Å²) in [4.78, 5) is 11.5. The maximum Gasteiger partial charge on any atom is 0.319 e. The Hall–Kier alpha value is -0.0000000000000000833. The quantitative estimate of drug-likeness (QED) is 0.625. The molecule has 1 aromatic rings. The molecule has 0 aliphatic heterocycles. The number of methoxy groups -OCH3 is 1. The van der Waals surface area contributed by atoms with Crippen molar-refractivity contribution in [3.8, 4) is 0 Å². The molecule has 0 bridgehead atoms. The van der Waals surface area contributed by atoms with Crippen LogP contribution in [0.3, 0.4) is 0 Å². The fraction of sp³-hybridized carbons (Fsp3) is 0.500. The second kappa shape index (κ2) is 5.92. The Bertz CT molecular complexity index is 336. The van der Waals surface area contributed by atoms with Gasteiger partial charge in [0, 0.05) is 0 Å². The van der Waals surface area contributed by atoms with E-state index in [0.717, 1.165) is 8.00 Å². The van der Waals surface area contributed by atoms with Gasteiger partial charge in [-0.25, -0.2) is 0 Å². The third-order valence-corrected chi connectivity index (χ3v) is 5.15. The maximum absolute atomic E-state index is 11.5. The summed E-state index contributed by atoms with van der Waals surface area (Å²) in [6.45, 7) is 4.05. The fourth-order valence-electron chi connectivity index (χ4n) is 1.06. The lowest BCUT2D eigenvalue weighted by atomic mass is 10.1. The van der Waals surface area contributed by atoms with Gasteiger partial charge in [0.1, 0.15) is 5.25 Å². The lowest BCUT2D eigenvalue weighted by Crippen LogP contribution is -2.24. The summed E-state index contributed by atoms with van der Waals surface area (Å²) < 4.78 is 7.00. The topological polar surface area (TPSA) is 26.3 Å². The summed E-state index contributed by atoms with van der Waals surface area (Å²) in [6.07, 6.45) is 0. The van der Waals surface area contributed by atoms with E-state index < -0.39 is 0 Å². The molecule has 1 unspecified atom stereocenters. The van der Waals surface area contributed by atoms with E-state index in [0.29, 0.717) is 0 Å². The van der Waals surface area contributed by atoms with Crippen molar-refractivity contribution >= 4 is 45.0 Å². The van der Waals surface area contributed by atoms with E-state index in [1.807, 2.05) is 26.0 Å². The van der Waals surface area contributed by atoms with Gasteiger partial charge in [-0.15, -0.1) is 11.3 Å². The minimum absolute atomic E-state index is 0.124. The number of hydrogen-bond donors (Lipinski definition) is 0. The van der Waals surface area contributed by atoms with Gasteiger partial charge in [0.25, 0.3) is 0 Å². The summed E-state index contributed by atoms with van der Waals surface area (Å²) in [7, 11) is 1.43. The first-order valence-electron chi connectivity index (χ1n) is 4.54. The van der Waals surface area contributed by atoms with Gasteiger partial charge >= 0.3 is 5.97 Å². The van der Waals surface area contributed by atoms with Crippen molar-refractivity contribution in [2.45, 2.75) is 23.3 Å². The van der Waals surface area contributed by atoms with Gasteiger partial charge in [0.15, 0.2) is 0 Å². The largest absolute Gasteiger partial charge is 0.468 e. The van der Waals surface area contributed by atoms with Crippen LogP contribution in [0.25, 0.3) is 0 Å². The zero-order valence-corrected chi connectivity index (χ0v) is 12.0. The number of halogens is 1. The maximum atomic E-state index is 11.5. The third-order valence-electron chi connectivity index (χ3n) is 1.83. The second-order valence-electron chi connectivity index (χ2n) is 3.36. The SMILES string of the molecule is COC(=O)C(Sc1ccc(Br)s1)C(C)C. The van der Waals surface area contributed by atoms with E-state index in [-0.39, 0.29) is 17.1 Å². The first-order chi connectivity index (χ1) is 7.04. The molecule has 0 spiro atoms. The van der Waals surface area contributed by atoms with Gasteiger partial charge in [-0.2, -0.15) is 0 Å². The van der Waals surface area contributed by atoms with Gasteiger partial charge in [-0.1, -0.05) is 25.6 Å². The average molecular weight is 309 g/mol. The highest BCUT2D eigenvalue weighted by Gasteiger charge is 2.24. The minimum atomic E-state index is -0.153. The highest BCUT2D eigenvalue weighted by Crippen LogP contribution is 2.35. The molecule has 1 rings (SSSR count). The van der Waals surface area contributed by atoms with Crippen LogP contribution in [0.15, 0.2) is 20.1 Å². The number of thiophene rings is 1. The standard InChI is InChI=1S/C10H13BrO2S2/c1-6(2)9(10(12)13-3)15-8-5-4-7(11)14-8/h4-6,9H,1-3H3. The summed E-state index contributed by atoms with van der Waals surface area (Å²) in [6, 6.07) is 4.00. The predicted octanol–water partition coefficient (Wildman–Crippen LogP) is 3.80. The Kier molecular flexibility index (Phi) is 5.15. The second-order valence-corrected chi connectivity index (χ2v) is 7.27. The molecule has 15 heavy (non-hydrogen) atoms. The lowest BCUT2D eigenvalue weighted by molar-refractivity contribution is -0.140. The summed E-state index contributed by atoms with van der Waals surface area (Å²) in [5.41, 5.74) is 0. The van der Waals surface area contributed by atoms with Gasteiger partial charge in [-0.05, 0) is 34.0 Å². The van der Waals surface area contributed by atoms with Crippen molar-refractivity contribution in [2.24, 2.45) is 5.92 Å². The van der Waals surface area contributed by atoms with Crippen LogP contribution >= 0.6 is 39.0 Å². The molecular weight excluding hydrogens is 296 g/mol. The molecule has 5 heteroatoms. The first-order valence-corrected chi connectivity index (χ1v) is 7.03. The van der Waals surface area contributed by atoms with Crippen LogP contribution in [-0.2, 0) is 9.53 Å². The van der Waals surface area contributed by atoms with Crippen LogP contribution in [0.4, 0.5) is 0 Å². The van der Waals surface area contributed by atoms with E-state index in [4.69, 9.17) is 4.74 Å². The van der Waals surface area contributed by atoms with Gasteiger partial charge in [-0.3, -0.25) is 4.79 Å². The van der Waals surface area contributed by atoms with Crippen LogP contribution in [0, 0.1) is 5.92 Å². The number of carbonyl (C=O) groups excluding carboxylic acids is 1. The normalized spacial score (nSPS) is 12.9. The number of thioether (sulfide) groups is 1. The van der Waals surface area contributed by atoms with Crippen LogP contribution in [0.1, 0.15) is 13.8 Å². The van der Waals surface area contributed by atoms with Crippen molar-refractivity contribution in [1.29, 1.82) is 0 Å². The molecule has 2 nitrogen and oxygen atoms in total. The van der Waals surface area contributed by atoms with Crippen LogP contribution in [0.2, 0.25) is 0 Å². The molecule has 1 heterocycles. The molecule has 0 fully saturated rings. The minimum Gasteiger partial charge on any atom is -0.468 e. The number of carbonyl (C=O) groups is 1. The van der Waals surface area contributed by atoms with Crippen LogP contribution < -0.4 is 0 Å². The Balaban J connectivity index is 2.71. The lowest BCUT2D eigenvalue weighted by Gasteiger charge is -2.16. The zero-order chi connectivity index (χ0) is 11.4. The fourth-order valence-corrected chi connectivity index (χ4v) is 4.13. The molecule has 1 atom stereocenters. The van der Waals surface area contributed by atoms with Crippen molar-refractivity contribution in [2.75, 3.05) is 7.11 Å². The van der Waals surface area contributed by atoms with E-state index in [9.17, 15) is 4.79 Å². The molecule has 0 amide bonds. The Labute approximate surface area is 107 Å². The molecule has 0 saturated carbocycles. The van der Waals surface area contributed by atoms with E-state index in [2.05, 4.69) is 15.9 Å². The molecule has 0 aliphatic rings. The van der Waals surface area contributed by atoms with E-state index in [1.165, 1.54) is 7.11 Å². The average Bonchev–Trinajstić information content (AvgIpc) is 2.59. The summed E-state index contributed by atoms with van der Waals surface area (Å²) >= 11 is 6.60. The number of rotatable bonds is 4. The summed E-state index contributed by atoms with van der Waals surface area (Å²) in [5, 5.41) is -0.124. The Morgan fingerprint density at radius 3 is 2.60 bits per heavy atom. The molecule has 0 saturated heterocycles. The van der Waals surface area contributed by atoms with Gasteiger partial charge in [0.2, 0.25) is 0 Å². The van der Waals surface area contributed by atoms with Crippen molar-refractivity contribution in [1.82, 2.24) is 0 Å². The zero-order valence-electron chi connectivity index (χ0n) is 8.82. The van der Waals surface area contributed by atoms with E-state index in [1.54, 1.807) is 23.1 Å². The molecule has 0 aromatic carbocycles. The predicted molar refractivity (Wildman–Crippen MR) is 68.5 cm³/mol. The van der Waals surface area contributed by atoms with Crippen molar-refractivity contribution in [3.63, 3.8) is 0 Å². The molecular formula is C10H13BrO2S2. The molecule has 0 radical (unpaired) electrons. The highest BCUT2D eigenvalue weighted by atomic mass is 79.9. The third kappa shape index (κ3) is 3.81. The van der Waals surface area contributed by atoms with Crippen LogP contribution in [-0.4, -0.2) is 18.3 Å². The number of hydrogen-bond acceptors (Lipinski definition) is 4. The molecule has 1 aromatic heterocycles. The molecule has 0 aliphatic carbocycles. The summed E-state index contributed by atoms with van der Waals surface area (Å²) in [5.74, 6) is 0.114. The first kappa shape index (κ1) is 13.1. The van der Waals surface area contributed by atoms with Gasteiger partial charge in [0.05, 0.1) is 15.1 Å². The highest BCUT2D eigenvalue weighted by molar-refractivity contribution is 9.11. The molecule has 0 N–H and O–H groups in total. The molecule has 84 valence electrons. The Morgan fingerprint density at radius 2 is 2.20 bits per heavy atom. The van der Waals surface area contributed by atoms with Crippen molar-refractivity contribution in [3.05, 3.63) is 15.9 Å². The van der Waals surface area contributed by atoms with Crippen molar-refractivity contribution < 1.29 is 9.53 Å². The monoisotopic (exact) mass is 308 g/mol. The number of ether oxygens (including phenoxy) is 1. The van der Waals surface area contributed by atoms with Crippen LogP contribution in [0.5, 0.6) is 0 Å². The van der Waals surface area contributed by atoms with E-state index >= 15 is 0 Å². The van der Waals surface area contributed by atoms with Gasteiger partial charge < -0.3 is 4.74 Å². The number of esters is 1. The Morgan fingerprint density at radius 1 is 1.53 bits per heavy atom. The smallest absolute Gasteiger partial charge is 0.319 e.